The fourth-order valence-corrected chi connectivity index (χ4v) is 4.32. The number of hydrogen-bond donors (Lipinski definition) is 0. The molecule has 0 bridgehead atoms. The lowest BCUT2D eigenvalue weighted by molar-refractivity contribution is -0.123. The van der Waals surface area contributed by atoms with E-state index >= 15 is 0 Å². The minimum Gasteiger partial charge on any atom is -0.311 e. The summed E-state index contributed by atoms with van der Waals surface area (Å²) < 4.78 is 0. The average Bonchev–Trinajstić information content (AvgIpc) is 2.85. The topological polar surface area (TPSA) is 47.3 Å². The summed E-state index contributed by atoms with van der Waals surface area (Å²) in [6, 6.07) is 30.6. The molecule has 0 saturated carbocycles. The van der Waals surface area contributed by atoms with Crippen molar-refractivity contribution in [2.45, 2.75) is 13.8 Å². The summed E-state index contributed by atoms with van der Waals surface area (Å²) in [7, 11) is 0. The molecule has 3 aromatic rings. The lowest BCUT2D eigenvalue weighted by Crippen LogP contribution is -2.41. The molecule has 162 valence electrons. The number of nitrogens with zero attached hydrogens (tertiary/aromatic N) is 3. The standard InChI is InChI=1S/C28H23N3OS/c1-3-30-27(32)25(20(2)26(19-29)28(30)33)18-21-14-16-24(17-15-21)31(22-10-6-4-7-11-22)23-12-8-5-9-13-23/h4-18H,3H2,1-2H3/b25-18-. The van der Waals surface area contributed by atoms with Crippen LogP contribution in [0.5, 0.6) is 0 Å². The van der Waals surface area contributed by atoms with Crippen LogP contribution in [0.25, 0.3) is 6.08 Å². The van der Waals surface area contributed by atoms with Crippen molar-refractivity contribution in [1.82, 2.24) is 4.90 Å². The maximum absolute atomic E-state index is 13.0. The highest BCUT2D eigenvalue weighted by Crippen LogP contribution is 2.34. The van der Waals surface area contributed by atoms with Gasteiger partial charge in [0.15, 0.2) is 0 Å². The monoisotopic (exact) mass is 449 g/mol. The van der Waals surface area contributed by atoms with Crippen molar-refractivity contribution in [1.29, 1.82) is 5.26 Å². The second-order valence-corrected chi connectivity index (χ2v) is 8.01. The summed E-state index contributed by atoms with van der Waals surface area (Å²) in [5.74, 6) is -0.168. The van der Waals surface area contributed by atoms with Gasteiger partial charge in [-0.1, -0.05) is 60.7 Å². The van der Waals surface area contributed by atoms with E-state index in [9.17, 15) is 10.1 Å². The van der Waals surface area contributed by atoms with E-state index in [1.807, 2.05) is 73.7 Å². The van der Waals surface area contributed by atoms with E-state index in [0.29, 0.717) is 28.3 Å². The van der Waals surface area contributed by atoms with Crippen molar-refractivity contribution in [2.75, 3.05) is 11.4 Å². The third-order valence-corrected chi connectivity index (χ3v) is 6.06. The molecule has 0 spiro atoms. The number of benzene rings is 3. The van der Waals surface area contributed by atoms with Crippen LogP contribution in [0.15, 0.2) is 102 Å². The molecule has 0 N–H and O–H groups in total. The van der Waals surface area contributed by atoms with Gasteiger partial charge in [-0.15, -0.1) is 0 Å². The number of nitriles is 1. The molecule has 1 amide bonds. The minimum atomic E-state index is -0.168. The zero-order chi connectivity index (χ0) is 23.4. The zero-order valence-electron chi connectivity index (χ0n) is 18.5. The van der Waals surface area contributed by atoms with Gasteiger partial charge in [0.1, 0.15) is 11.1 Å². The molecule has 0 aliphatic carbocycles. The third kappa shape index (κ3) is 4.34. The molecular weight excluding hydrogens is 426 g/mol. The van der Waals surface area contributed by atoms with E-state index < -0.39 is 0 Å². The van der Waals surface area contributed by atoms with Gasteiger partial charge in [-0.25, -0.2) is 0 Å². The maximum atomic E-state index is 13.0. The quantitative estimate of drug-likeness (QED) is 0.326. The molecule has 3 aromatic carbocycles. The minimum absolute atomic E-state index is 0.168. The number of amides is 1. The van der Waals surface area contributed by atoms with Crippen LogP contribution >= 0.6 is 12.2 Å². The van der Waals surface area contributed by atoms with E-state index in [1.165, 1.54) is 4.90 Å². The Morgan fingerprint density at radius 1 is 0.909 bits per heavy atom. The molecule has 0 saturated heterocycles. The highest BCUT2D eigenvalue weighted by molar-refractivity contribution is 7.80. The number of carbonyl (C=O) groups is 1. The molecule has 4 nitrogen and oxygen atoms in total. The zero-order valence-corrected chi connectivity index (χ0v) is 19.3. The first kappa shape index (κ1) is 22.2. The lowest BCUT2D eigenvalue weighted by Gasteiger charge is -2.28. The smallest absolute Gasteiger partial charge is 0.259 e. The molecule has 1 aliphatic rings. The van der Waals surface area contributed by atoms with Gasteiger partial charge in [-0.2, -0.15) is 5.26 Å². The summed E-state index contributed by atoms with van der Waals surface area (Å²) in [4.78, 5) is 17.0. The summed E-state index contributed by atoms with van der Waals surface area (Å²) in [6.07, 6.45) is 1.83. The first-order chi connectivity index (χ1) is 16.0. The summed E-state index contributed by atoms with van der Waals surface area (Å²) in [5.41, 5.74) is 5.50. The molecule has 0 unspecified atom stereocenters. The normalized spacial score (nSPS) is 15.1. The SMILES string of the molecule is CCN1C(=O)/C(=C\c2ccc(N(c3ccccc3)c3ccccc3)cc2)C(C)=C(C#N)C1=S. The van der Waals surface area contributed by atoms with E-state index in [-0.39, 0.29) is 5.91 Å². The Labute approximate surface area is 199 Å². The van der Waals surface area contributed by atoms with Crippen molar-refractivity contribution in [2.24, 2.45) is 0 Å². The van der Waals surface area contributed by atoms with Crippen LogP contribution in [0.2, 0.25) is 0 Å². The molecule has 0 fully saturated rings. The highest BCUT2D eigenvalue weighted by atomic mass is 32.1. The number of likely N-dealkylation sites (N-methyl/N-ethyl adjacent to an activating group) is 1. The van der Waals surface area contributed by atoms with E-state index in [2.05, 4.69) is 35.2 Å². The number of hydrogen-bond acceptors (Lipinski definition) is 4. The van der Waals surface area contributed by atoms with Crippen LogP contribution in [0.4, 0.5) is 17.1 Å². The molecule has 1 aliphatic heterocycles. The van der Waals surface area contributed by atoms with E-state index in [1.54, 1.807) is 6.92 Å². The number of para-hydroxylation sites is 2. The van der Waals surface area contributed by atoms with Crippen molar-refractivity contribution in [3.63, 3.8) is 0 Å². The summed E-state index contributed by atoms with van der Waals surface area (Å²) in [6.45, 7) is 4.06. The van der Waals surface area contributed by atoms with Crippen molar-refractivity contribution in [3.05, 3.63) is 107 Å². The van der Waals surface area contributed by atoms with Gasteiger partial charge in [0.2, 0.25) is 0 Å². The second-order valence-electron chi connectivity index (χ2n) is 7.62. The van der Waals surface area contributed by atoms with Gasteiger partial charge >= 0.3 is 0 Å². The average molecular weight is 450 g/mol. The molecule has 4 rings (SSSR count). The van der Waals surface area contributed by atoms with Gasteiger partial charge < -0.3 is 4.90 Å². The predicted octanol–water partition coefficient (Wildman–Crippen LogP) is 6.57. The Kier molecular flexibility index (Phi) is 6.48. The molecular formula is C28H23N3OS. The number of carbonyl (C=O) groups excluding carboxylic acids is 1. The molecule has 0 radical (unpaired) electrons. The fourth-order valence-electron chi connectivity index (χ4n) is 3.90. The van der Waals surface area contributed by atoms with Gasteiger partial charge in [-0.3, -0.25) is 9.69 Å². The van der Waals surface area contributed by atoms with Crippen molar-refractivity contribution < 1.29 is 4.79 Å². The van der Waals surface area contributed by atoms with Crippen LogP contribution < -0.4 is 4.90 Å². The Balaban J connectivity index is 1.74. The Hall–Kier alpha value is -4.01. The molecule has 0 aromatic heterocycles. The van der Waals surface area contributed by atoms with Gasteiger partial charge in [0, 0.05) is 29.2 Å². The van der Waals surface area contributed by atoms with E-state index in [4.69, 9.17) is 12.2 Å². The van der Waals surface area contributed by atoms with Gasteiger partial charge in [-0.05, 0) is 67.5 Å². The van der Waals surface area contributed by atoms with Crippen molar-refractivity contribution in [3.8, 4) is 6.07 Å². The first-order valence-corrected chi connectivity index (χ1v) is 11.2. The third-order valence-electron chi connectivity index (χ3n) is 5.63. The largest absolute Gasteiger partial charge is 0.311 e. The summed E-state index contributed by atoms with van der Waals surface area (Å²) in [5, 5.41) is 9.56. The lowest BCUT2D eigenvalue weighted by atomic mass is 9.94. The Morgan fingerprint density at radius 2 is 1.42 bits per heavy atom. The maximum Gasteiger partial charge on any atom is 0.259 e. The number of thiocarbonyl (C=S) groups is 1. The van der Waals surface area contributed by atoms with Crippen LogP contribution in [0.1, 0.15) is 19.4 Å². The predicted molar refractivity (Wildman–Crippen MR) is 137 cm³/mol. The summed E-state index contributed by atoms with van der Waals surface area (Å²) >= 11 is 5.35. The Bertz CT molecular complexity index is 1250. The van der Waals surface area contributed by atoms with Gasteiger partial charge in [0.25, 0.3) is 5.91 Å². The molecule has 33 heavy (non-hydrogen) atoms. The van der Waals surface area contributed by atoms with Crippen LogP contribution in [-0.4, -0.2) is 22.3 Å². The van der Waals surface area contributed by atoms with Crippen LogP contribution in [0, 0.1) is 11.3 Å². The van der Waals surface area contributed by atoms with Crippen molar-refractivity contribution >= 4 is 46.3 Å². The molecule has 1 heterocycles. The molecule has 0 atom stereocenters. The van der Waals surface area contributed by atoms with E-state index in [0.717, 1.165) is 22.6 Å². The van der Waals surface area contributed by atoms with Crippen LogP contribution in [0.3, 0.4) is 0 Å². The fraction of sp³-hybridized carbons (Fsp3) is 0.107. The van der Waals surface area contributed by atoms with Gasteiger partial charge in [0.05, 0.1) is 5.57 Å². The number of rotatable bonds is 5. The molecule has 5 heteroatoms. The number of anilines is 3. The Morgan fingerprint density at radius 3 is 1.91 bits per heavy atom. The highest BCUT2D eigenvalue weighted by Gasteiger charge is 2.31. The first-order valence-electron chi connectivity index (χ1n) is 10.7. The second kappa shape index (κ2) is 9.64. The van der Waals surface area contributed by atoms with Crippen LogP contribution in [-0.2, 0) is 4.79 Å².